The first-order valence-corrected chi connectivity index (χ1v) is 6.05. The number of carbonyl (C=O) groups is 1. The first-order chi connectivity index (χ1) is 8.13. The van der Waals surface area contributed by atoms with Gasteiger partial charge < -0.3 is 14.7 Å². The summed E-state index contributed by atoms with van der Waals surface area (Å²) in [5.41, 5.74) is 0. The lowest BCUT2D eigenvalue weighted by Crippen LogP contribution is -2.31. The average Bonchev–Trinajstić information content (AvgIpc) is 2.67. The van der Waals surface area contributed by atoms with Crippen molar-refractivity contribution in [3.05, 3.63) is 11.8 Å². The maximum absolute atomic E-state index is 11.8. The molecular weight excluding hydrogens is 218 g/mol. The molecule has 17 heavy (non-hydrogen) atoms. The van der Waals surface area contributed by atoms with Crippen LogP contribution in [-0.4, -0.2) is 36.1 Å². The monoisotopic (exact) mass is 237 g/mol. The number of aryl methyl sites for hydroxylation is 1. The number of rotatable bonds is 3. The van der Waals surface area contributed by atoms with Crippen molar-refractivity contribution in [3.63, 3.8) is 0 Å². The van der Waals surface area contributed by atoms with Gasteiger partial charge in [-0.05, 0) is 45.8 Å². The largest absolute Gasteiger partial charge is 0.360 e. The Bertz CT molecular complexity index is 381. The maximum atomic E-state index is 11.8. The first kappa shape index (κ1) is 12.1. The van der Waals surface area contributed by atoms with E-state index in [-0.39, 0.29) is 5.91 Å². The van der Waals surface area contributed by atoms with Gasteiger partial charge in [0.1, 0.15) is 5.76 Å². The molecule has 1 aromatic rings. The fraction of sp³-hybridized carbons (Fsp3) is 0.667. The normalized spacial score (nSPS) is 18.2. The van der Waals surface area contributed by atoms with Crippen molar-refractivity contribution in [1.82, 2.24) is 10.1 Å². The van der Waals surface area contributed by atoms with Crippen molar-refractivity contribution in [2.75, 3.05) is 25.5 Å². The zero-order valence-corrected chi connectivity index (χ0v) is 10.4. The third-order valence-electron chi connectivity index (χ3n) is 3.21. The Morgan fingerprint density at radius 2 is 2.29 bits per heavy atom. The Labute approximate surface area is 101 Å². The molecule has 5 heteroatoms. The predicted molar refractivity (Wildman–Crippen MR) is 64.7 cm³/mol. The number of piperidine rings is 1. The fourth-order valence-electron chi connectivity index (χ4n) is 2.15. The van der Waals surface area contributed by atoms with Gasteiger partial charge in [-0.2, -0.15) is 0 Å². The van der Waals surface area contributed by atoms with Gasteiger partial charge in [0.25, 0.3) is 0 Å². The second-order valence-corrected chi connectivity index (χ2v) is 4.82. The predicted octanol–water partition coefficient (Wildman–Crippen LogP) is 1.65. The number of nitrogens with one attached hydrogen (secondary N) is 1. The van der Waals surface area contributed by atoms with E-state index in [4.69, 9.17) is 4.52 Å². The molecule has 0 unspecified atom stereocenters. The van der Waals surface area contributed by atoms with E-state index < -0.39 is 0 Å². The van der Waals surface area contributed by atoms with Crippen LogP contribution in [0.4, 0.5) is 5.82 Å². The van der Waals surface area contributed by atoms with Crippen molar-refractivity contribution >= 4 is 11.7 Å². The molecule has 94 valence electrons. The van der Waals surface area contributed by atoms with Crippen LogP contribution in [0.25, 0.3) is 0 Å². The third kappa shape index (κ3) is 3.56. The van der Waals surface area contributed by atoms with Gasteiger partial charge >= 0.3 is 0 Å². The molecule has 1 saturated heterocycles. The molecule has 1 N–H and O–H groups in total. The van der Waals surface area contributed by atoms with E-state index in [1.807, 2.05) is 0 Å². The molecule has 1 fully saturated rings. The molecule has 0 saturated carbocycles. The smallest absolute Gasteiger partial charge is 0.225 e. The lowest BCUT2D eigenvalue weighted by atomic mass is 9.93. The van der Waals surface area contributed by atoms with Crippen LogP contribution in [0.15, 0.2) is 10.6 Å². The third-order valence-corrected chi connectivity index (χ3v) is 3.21. The average molecular weight is 237 g/mol. The fourth-order valence-corrected chi connectivity index (χ4v) is 2.15. The van der Waals surface area contributed by atoms with Gasteiger partial charge in [-0.1, -0.05) is 5.16 Å². The van der Waals surface area contributed by atoms with E-state index in [1.54, 1.807) is 13.0 Å². The summed E-state index contributed by atoms with van der Waals surface area (Å²) in [6, 6.07) is 1.73. The summed E-state index contributed by atoms with van der Waals surface area (Å²) in [6.45, 7) is 3.97. The van der Waals surface area contributed by atoms with Crippen LogP contribution in [0, 0.1) is 12.8 Å². The minimum Gasteiger partial charge on any atom is -0.360 e. The Kier molecular flexibility index (Phi) is 3.78. The lowest BCUT2D eigenvalue weighted by Gasteiger charge is -2.28. The SMILES string of the molecule is Cc1cc(NC(=O)CC2CCN(C)CC2)no1. The van der Waals surface area contributed by atoms with Crippen molar-refractivity contribution < 1.29 is 9.32 Å². The van der Waals surface area contributed by atoms with E-state index in [1.165, 1.54) is 0 Å². The number of likely N-dealkylation sites (tertiary alicyclic amines) is 1. The number of hydrogen-bond acceptors (Lipinski definition) is 4. The van der Waals surface area contributed by atoms with E-state index in [2.05, 4.69) is 22.4 Å². The van der Waals surface area contributed by atoms with E-state index in [9.17, 15) is 4.79 Å². The molecular formula is C12H19N3O2. The summed E-state index contributed by atoms with van der Waals surface area (Å²) in [7, 11) is 2.12. The van der Waals surface area contributed by atoms with Crippen LogP contribution in [0.2, 0.25) is 0 Å². The molecule has 2 heterocycles. The maximum Gasteiger partial charge on any atom is 0.225 e. The molecule has 0 aliphatic carbocycles. The molecule has 0 bridgehead atoms. The van der Waals surface area contributed by atoms with Crippen LogP contribution < -0.4 is 5.32 Å². The summed E-state index contributed by atoms with van der Waals surface area (Å²) in [6.07, 6.45) is 2.78. The highest BCUT2D eigenvalue weighted by atomic mass is 16.5. The molecule has 5 nitrogen and oxygen atoms in total. The summed E-state index contributed by atoms with van der Waals surface area (Å²) < 4.78 is 4.90. The van der Waals surface area contributed by atoms with Crippen molar-refractivity contribution in [3.8, 4) is 0 Å². The van der Waals surface area contributed by atoms with Gasteiger partial charge in [-0.25, -0.2) is 0 Å². The standard InChI is InChI=1S/C12H19N3O2/c1-9-7-11(14-17-9)13-12(16)8-10-3-5-15(2)6-4-10/h7,10H,3-6,8H2,1-2H3,(H,13,14,16). The number of amides is 1. The highest BCUT2D eigenvalue weighted by Gasteiger charge is 2.19. The van der Waals surface area contributed by atoms with Crippen LogP contribution in [-0.2, 0) is 4.79 Å². The lowest BCUT2D eigenvalue weighted by molar-refractivity contribution is -0.117. The van der Waals surface area contributed by atoms with Crippen molar-refractivity contribution in [2.45, 2.75) is 26.2 Å². The zero-order chi connectivity index (χ0) is 12.3. The topological polar surface area (TPSA) is 58.4 Å². The Hall–Kier alpha value is -1.36. The molecule has 0 radical (unpaired) electrons. The summed E-state index contributed by atoms with van der Waals surface area (Å²) in [5, 5.41) is 6.51. The minimum absolute atomic E-state index is 0.0350. The van der Waals surface area contributed by atoms with E-state index in [0.29, 0.717) is 23.9 Å². The van der Waals surface area contributed by atoms with E-state index in [0.717, 1.165) is 25.9 Å². The first-order valence-electron chi connectivity index (χ1n) is 6.05. The second kappa shape index (κ2) is 5.31. The van der Waals surface area contributed by atoms with Gasteiger partial charge in [-0.3, -0.25) is 4.79 Å². The number of anilines is 1. The van der Waals surface area contributed by atoms with Crippen molar-refractivity contribution in [1.29, 1.82) is 0 Å². The highest BCUT2D eigenvalue weighted by Crippen LogP contribution is 2.20. The molecule has 1 aliphatic rings. The summed E-state index contributed by atoms with van der Waals surface area (Å²) >= 11 is 0. The van der Waals surface area contributed by atoms with Crippen LogP contribution in [0.5, 0.6) is 0 Å². The van der Waals surface area contributed by atoms with Crippen LogP contribution in [0.3, 0.4) is 0 Å². The zero-order valence-electron chi connectivity index (χ0n) is 10.4. The molecule has 2 rings (SSSR count). The number of carbonyl (C=O) groups excluding carboxylic acids is 1. The molecule has 1 aliphatic heterocycles. The number of hydrogen-bond donors (Lipinski definition) is 1. The number of nitrogens with zero attached hydrogens (tertiary/aromatic N) is 2. The van der Waals surface area contributed by atoms with Crippen molar-refractivity contribution in [2.24, 2.45) is 5.92 Å². The molecule has 0 atom stereocenters. The van der Waals surface area contributed by atoms with Crippen LogP contribution >= 0.6 is 0 Å². The van der Waals surface area contributed by atoms with Crippen LogP contribution in [0.1, 0.15) is 25.0 Å². The summed E-state index contributed by atoms with van der Waals surface area (Å²) in [5.74, 6) is 1.76. The quantitative estimate of drug-likeness (QED) is 0.868. The van der Waals surface area contributed by atoms with Gasteiger partial charge in [0, 0.05) is 12.5 Å². The molecule has 0 aromatic carbocycles. The van der Waals surface area contributed by atoms with Gasteiger partial charge in [0.15, 0.2) is 5.82 Å². The molecule has 1 aromatic heterocycles. The Morgan fingerprint density at radius 3 is 2.88 bits per heavy atom. The van der Waals surface area contributed by atoms with Gasteiger partial charge in [0.2, 0.25) is 5.91 Å². The second-order valence-electron chi connectivity index (χ2n) is 4.82. The molecule has 1 amide bonds. The van der Waals surface area contributed by atoms with E-state index >= 15 is 0 Å². The van der Waals surface area contributed by atoms with Gasteiger partial charge in [-0.15, -0.1) is 0 Å². The molecule has 0 spiro atoms. The number of aromatic nitrogens is 1. The highest BCUT2D eigenvalue weighted by molar-refractivity contribution is 5.89. The minimum atomic E-state index is 0.0350. The Balaban J connectivity index is 1.77. The Morgan fingerprint density at radius 1 is 1.59 bits per heavy atom. The summed E-state index contributed by atoms with van der Waals surface area (Å²) in [4.78, 5) is 14.1. The van der Waals surface area contributed by atoms with Gasteiger partial charge in [0.05, 0.1) is 0 Å².